The molecule has 0 bridgehead atoms. The number of benzene rings is 2. The minimum Gasteiger partial charge on any atom is -0.352 e. The number of amides is 1. The van der Waals surface area contributed by atoms with Crippen LogP contribution in [0.5, 0.6) is 0 Å². The largest absolute Gasteiger partial charge is 0.352 e. The highest BCUT2D eigenvalue weighted by molar-refractivity contribution is 5.79. The van der Waals surface area contributed by atoms with E-state index in [9.17, 15) is 9.18 Å². The van der Waals surface area contributed by atoms with Crippen LogP contribution in [-0.2, 0) is 24.4 Å². The van der Waals surface area contributed by atoms with Crippen molar-refractivity contribution in [2.24, 2.45) is 4.99 Å². The van der Waals surface area contributed by atoms with Crippen molar-refractivity contribution in [1.82, 2.24) is 15.5 Å². The van der Waals surface area contributed by atoms with Gasteiger partial charge in [-0.05, 0) is 23.6 Å². The summed E-state index contributed by atoms with van der Waals surface area (Å²) in [5, 5.41) is 6.34. The SMILES string of the molecule is CN=C(NCc1ccc(CN2CCCC2=O)cc1)NCc1ccccc1F. The second-order valence-electron chi connectivity index (χ2n) is 6.61. The van der Waals surface area contributed by atoms with E-state index in [1.165, 1.54) is 6.07 Å². The molecule has 2 aromatic carbocycles. The minimum absolute atomic E-state index is 0.229. The number of hydrogen-bond acceptors (Lipinski definition) is 2. The molecule has 1 saturated heterocycles. The van der Waals surface area contributed by atoms with Crippen LogP contribution >= 0.6 is 0 Å². The normalized spacial score (nSPS) is 14.5. The lowest BCUT2D eigenvalue weighted by molar-refractivity contribution is -0.128. The van der Waals surface area contributed by atoms with Gasteiger partial charge in [-0.3, -0.25) is 9.79 Å². The zero-order valence-corrected chi connectivity index (χ0v) is 15.5. The molecule has 1 aliphatic rings. The molecule has 142 valence electrons. The third-order valence-electron chi connectivity index (χ3n) is 4.66. The summed E-state index contributed by atoms with van der Waals surface area (Å²) < 4.78 is 13.7. The Morgan fingerprint density at radius 2 is 1.78 bits per heavy atom. The van der Waals surface area contributed by atoms with Gasteiger partial charge in [-0.15, -0.1) is 0 Å². The van der Waals surface area contributed by atoms with Crippen LogP contribution in [0, 0.1) is 5.82 Å². The molecular formula is C21H25FN4O. The van der Waals surface area contributed by atoms with E-state index >= 15 is 0 Å². The summed E-state index contributed by atoms with van der Waals surface area (Å²) in [5.74, 6) is 0.628. The molecule has 0 unspecified atom stereocenters. The third kappa shape index (κ3) is 5.29. The molecule has 0 aliphatic carbocycles. The molecule has 1 amide bonds. The maximum Gasteiger partial charge on any atom is 0.222 e. The van der Waals surface area contributed by atoms with Gasteiger partial charge in [0.25, 0.3) is 0 Å². The number of guanidine groups is 1. The first-order valence-corrected chi connectivity index (χ1v) is 9.19. The Bertz CT molecular complexity index is 804. The summed E-state index contributed by atoms with van der Waals surface area (Å²) in [6, 6.07) is 14.9. The summed E-state index contributed by atoms with van der Waals surface area (Å²) >= 11 is 0. The smallest absolute Gasteiger partial charge is 0.222 e. The number of rotatable bonds is 6. The van der Waals surface area contributed by atoms with Crippen molar-refractivity contribution in [3.8, 4) is 0 Å². The fourth-order valence-electron chi connectivity index (χ4n) is 3.08. The monoisotopic (exact) mass is 368 g/mol. The molecule has 3 rings (SSSR count). The zero-order chi connectivity index (χ0) is 19.1. The van der Waals surface area contributed by atoms with Gasteiger partial charge in [-0.25, -0.2) is 4.39 Å². The van der Waals surface area contributed by atoms with Gasteiger partial charge in [0, 0.05) is 45.2 Å². The van der Waals surface area contributed by atoms with Gasteiger partial charge in [0.15, 0.2) is 5.96 Å². The lowest BCUT2D eigenvalue weighted by Crippen LogP contribution is -2.36. The first-order chi connectivity index (χ1) is 13.2. The molecule has 5 nitrogen and oxygen atoms in total. The zero-order valence-electron chi connectivity index (χ0n) is 15.5. The molecular weight excluding hydrogens is 343 g/mol. The lowest BCUT2D eigenvalue weighted by atomic mass is 10.1. The molecule has 0 aromatic heterocycles. The van der Waals surface area contributed by atoms with E-state index in [1.807, 2.05) is 23.1 Å². The number of halogens is 1. The first-order valence-electron chi connectivity index (χ1n) is 9.19. The van der Waals surface area contributed by atoms with Crippen molar-refractivity contribution in [3.05, 3.63) is 71.0 Å². The number of nitrogens with zero attached hydrogens (tertiary/aromatic N) is 2. The number of nitrogens with one attached hydrogen (secondary N) is 2. The number of carbonyl (C=O) groups excluding carboxylic acids is 1. The Balaban J connectivity index is 1.48. The van der Waals surface area contributed by atoms with E-state index in [2.05, 4.69) is 27.8 Å². The summed E-state index contributed by atoms with van der Waals surface area (Å²) in [4.78, 5) is 17.8. The highest BCUT2D eigenvalue weighted by Crippen LogP contribution is 2.14. The van der Waals surface area contributed by atoms with Gasteiger partial charge < -0.3 is 15.5 Å². The van der Waals surface area contributed by atoms with Crippen molar-refractivity contribution in [2.45, 2.75) is 32.5 Å². The fourth-order valence-corrected chi connectivity index (χ4v) is 3.08. The standard InChI is InChI=1S/C21H25FN4O/c1-23-21(25-14-18-5-2-3-6-19(18)22)24-13-16-8-10-17(11-9-16)15-26-12-4-7-20(26)27/h2-3,5-6,8-11H,4,7,12-15H2,1H3,(H2,23,24,25). The van der Waals surface area contributed by atoms with Crippen LogP contribution < -0.4 is 10.6 Å². The number of carbonyl (C=O) groups is 1. The van der Waals surface area contributed by atoms with Crippen molar-refractivity contribution in [2.75, 3.05) is 13.6 Å². The van der Waals surface area contributed by atoms with E-state index in [0.29, 0.717) is 37.6 Å². The maximum absolute atomic E-state index is 13.7. The highest BCUT2D eigenvalue weighted by atomic mass is 19.1. The van der Waals surface area contributed by atoms with E-state index in [-0.39, 0.29) is 11.7 Å². The average molecular weight is 368 g/mol. The van der Waals surface area contributed by atoms with Crippen LogP contribution in [0.1, 0.15) is 29.5 Å². The summed E-state index contributed by atoms with van der Waals surface area (Å²) in [6.45, 7) is 2.51. The fraction of sp³-hybridized carbons (Fsp3) is 0.333. The van der Waals surface area contributed by atoms with Crippen molar-refractivity contribution < 1.29 is 9.18 Å². The first kappa shape index (κ1) is 18.9. The van der Waals surface area contributed by atoms with Gasteiger partial charge in [0.1, 0.15) is 5.82 Å². The Labute approximate surface area is 159 Å². The molecule has 27 heavy (non-hydrogen) atoms. The van der Waals surface area contributed by atoms with Gasteiger partial charge in [0.2, 0.25) is 5.91 Å². The second-order valence-corrected chi connectivity index (χ2v) is 6.61. The second kappa shape index (κ2) is 9.16. The topological polar surface area (TPSA) is 56.7 Å². The van der Waals surface area contributed by atoms with Crippen LogP contribution in [0.25, 0.3) is 0 Å². The number of hydrogen-bond donors (Lipinski definition) is 2. The van der Waals surface area contributed by atoms with E-state index < -0.39 is 0 Å². The lowest BCUT2D eigenvalue weighted by Gasteiger charge is -2.16. The van der Waals surface area contributed by atoms with Crippen LogP contribution in [0.3, 0.4) is 0 Å². The molecule has 2 aromatic rings. The van der Waals surface area contributed by atoms with E-state index in [1.54, 1.807) is 19.2 Å². The summed E-state index contributed by atoms with van der Waals surface area (Å²) in [7, 11) is 1.69. The summed E-state index contributed by atoms with van der Waals surface area (Å²) in [6.07, 6.45) is 1.63. The molecule has 0 spiro atoms. The van der Waals surface area contributed by atoms with Crippen LogP contribution in [-0.4, -0.2) is 30.4 Å². The van der Waals surface area contributed by atoms with Gasteiger partial charge in [-0.2, -0.15) is 0 Å². The predicted octanol–water partition coefficient (Wildman–Crippen LogP) is 2.81. The van der Waals surface area contributed by atoms with Crippen molar-refractivity contribution in [1.29, 1.82) is 0 Å². The third-order valence-corrected chi connectivity index (χ3v) is 4.66. The van der Waals surface area contributed by atoms with Crippen LogP contribution in [0.2, 0.25) is 0 Å². The molecule has 0 saturated carbocycles. The predicted molar refractivity (Wildman–Crippen MR) is 105 cm³/mol. The Kier molecular flexibility index (Phi) is 6.41. The molecule has 2 N–H and O–H groups in total. The highest BCUT2D eigenvalue weighted by Gasteiger charge is 2.19. The van der Waals surface area contributed by atoms with E-state index in [0.717, 1.165) is 24.1 Å². The average Bonchev–Trinajstić information content (AvgIpc) is 3.09. The minimum atomic E-state index is -0.229. The molecule has 1 fully saturated rings. The molecule has 1 heterocycles. The molecule has 0 atom stereocenters. The quantitative estimate of drug-likeness (QED) is 0.609. The molecule has 6 heteroatoms. The van der Waals surface area contributed by atoms with Gasteiger partial charge in [0.05, 0.1) is 0 Å². The van der Waals surface area contributed by atoms with Crippen LogP contribution in [0.15, 0.2) is 53.5 Å². The number of aliphatic imine (C=N–C) groups is 1. The maximum atomic E-state index is 13.7. The van der Waals surface area contributed by atoms with Gasteiger partial charge in [-0.1, -0.05) is 42.5 Å². The summed E-state index contributed by atoms with van der Waals surface area (Å²) in [5.41, 5.74) is 2.85. The van der Waals surface area contributed by atoms with Gasteiger partial charge >= 0.3 is 0 Å². The molecule has 1 aliphatic heterocycles. The van der Waals surface area contributed by atoms with Crippen LogP contribution in [0.4, 0.5) is 4.39 Å². The molecule has 0 radical (unpaired) electrons. The Morgan fingerprint density at radius 3 is 2.44 bits per heavy atom. The van der Waals surface area contributed by atoms with E-state index in [4.69, 9.17) is 0 Å². The number of likely N-dealkylation sites (tertiary alicyclic amines) is 1. The Morgan fingerprint density at radius 1 is 1.07 bits per heavy atom. The Hall–Kier alpha value is -2.89. The van der Waals surface area contributed by atoms with Crippen molar-refractivity contribution >= 4 is 11.9 Å². The van der Waals surface area contributed by atoms with Crippen molar-refractivity contribution in [3.63, 3.8) is 0 Å².